The van der Waals surface area contributed by atoms with E-state index >= 15 is 0 Å². The van der Waals surface area contributed by atoms with Gasteiger partial charge in [-0.2, -0.15) is 0 Å². The molecule has 0 aromatic rings. The first-order chi connectivity index (χ1) is 3.84. The zero-order valence-corrected chi connectivity index (χ0v) is 4.15. The van der Waals surface area contributed by atoms with Crippen LogP contribution in [0.2, 0.25) is 0 Å². The molecule has 8 heavy (non-hydrogen) atoms. The maximum atomic E-state index is 8.60. The number of aliphatic hydroxyl groups is 1. The predicted molar refractivity (Wildman–Crippen MR) is 27.9 cm³/mol. The second-order valence-corrected chi connectivity index (χ2v) is 1.63. The number of nitrogens with zero attached hydrogens (tertiary/aromatic N) is 3. The first-order valence-electron chi connectivity index (χ1n) is 2.26. The fourth-order valence-electron chi connectivity index (χ4n) is 0.403. The summed E-state index contributed by atoms with van der Waals surface area (Å²) in [5, 5.41) is 11.7. The Morgan fingerprint density at radius 1 is 2.00 bits per heavy atom. The Labute approximate surface area is 46.1 Å². The van der Waals surface area contributed by atoms with Crippen molar-refractivity contribution in [3.05, 3.63) is 22.2 Å². The van der Waals surface area contributed by atoms with Crippen molar-refractivity contribution >= 4 is 0 Å². The molecule has 0 aliphatic heterocycles. The van der Waals surface area contributed by atoms with Crippen LogP contribution in [0.4, 0.5) is 0 Å². The second kappa shape index (κ2) is 1.86. The number of hydrogen-bond acceptors (Lipinski definition) is 2. The molecule has 0 radical (unpaired) electrons. The Balaban J connectivity index is 2.47. The SMILES string of the molecule is [N-]=[N+]=NC=C1CC1O. The molecule has 1 aliphatic rings. The highest BCUT2D eigenvalue weighted by Crippen LogP contribution is 2.28. The first kappa shape index (κ1) is 5.15. The van der Waals surface area contributed by atoms with Crippen molar-refractivity contribution in [1.29, 1.82) is 0 Å². The number of rotatable bonds is 1. The van der Waals surface area contributed by atoms with Gasteiger partial charge in [-0.15, -0.1) is 0 Å². The monoisotopic (exact) mass is 111 g/mol. The van der Waals surface area contributed by atoms with E-state index < -0.39 is 0 Å². The molecule has 1 aliphatic carbocycles. The van der Waals surface area contributed by atoms with Crippen LogP contribution in [0.1, 0.15) is 6.42 Å². The van der Waals surface area contributed by atoms with Gasteiger partial charge < -0.3 is 5.11 Å². The number of azide groups is 1. The van der Waals surface area contributed by atoms with Crippen LogP contribution in [0.15, 0.2) is 16.9 Å². The van der Waals surface area contributed by atoms with Crippen molar-refractivity contribution in [3.63, 3.8) is 0 Å². The fraction of sp³-hybridized carbons (Fsp3) is 0.500. The highest BCUT2D eigenvalue weighted by Gasteiger charge is 2.25. The van der Waals surface area contributed by atoms with Gasteiger partial charge in [0.05, 0.1) is 6.10 Å². The van der Waals surface area contributed by atoms with E-state index in [4.69, 9.17) is 10.6 Å². The van der Waals surface area contributed by atoms with Crippen LogP contribution in [0.3, 0.4) is 0 Å². The maximum Gasteiger partial charge on any atom is 0.0791 e. The van der Waals surface area contributed by atoms with E-state index in [1.807, 2.05) is 0 Å². The maximum absolute atomic E-state index is 8.60. The molecule has 0 heterocycles. The number of hydrogen-bond donors (Lipinski definition) is 1. The summed E-state index contributed by atoms with van der Waals surface area (Å²) in [6.07, 6.45) is 1.68. The van der Waals surface area contributed by atoms with Crippen LogP contribution >= 0.6 is 0 Å². The van der Waals surface area contributed by atoms with Gasteiger partial charge in [0.1, 0.15) is 0 Å². The molecular weight excluding hydrogens is 106 g/mol. The third-order valence-corrected chi connectivity index (χ3v) is 0.972. The Bertz CT molecular complexity index is 168. The molecule has 0 bridgehead atoms. The predicted octanol–water partition coefficient (Wildman–Crippen LogP) is 0.945. The zero-order valence-electron chi connectivity index (χ0n) is 4.15. The Hall–Kier alpha value is -0.990. The van der Waals surface area contributed by atoms with E-state index in [0.29, 0.717) is 6.42 Å². The standard InChI is InChI=1S/C4H5N3O/c5-7-6-2-3-1-4(3)8/h2,4,8H,1H2. The third-order valence-electron chi connectivity index (χ3n) is 0.972. The summed E-state index contributed by atoms with van der Waals surface area (Å²) in [6.45, 7) is 0. The smallest absolute Gasteiger partial charge is 0.0791 e. The molecule has 1 rings (SSSR count). The molecule has 0 saturated heterocycles. The average Bonchev–Trinajstić information content (AvgIpc) is 2.42. The largest absolute Gasteiger partial charge is 0.388 e. The van der Waals surface area contributed by atoms with Gasteiger partial charge in [-0.3, -0.25) is 0 Å². The Morgan fingerprint density at radius 3 is 3.00 bits per heavy atom. The molecule has 0 amide bonds. The molecule has 0 spiro atoms. The molecule has 1 N–H and O–H groups in total. The van der Waals surface area contributed by atoms with E-state index in [1.165, 1.54) is 6.20 Å². The van der Waals surface area contributed by atoms with E-state index in [2.05, 4.69) is 10.0 Å². The summed E-state index contributed by atoms with van der Waals surface area (Å²) in [7, 11) is 0. The minimum absolute atomic E-state index is 0.333. The lowest BCUT2D eigenvalue weighted by Crippen LogP contribution is -1.69. The lowest BCUT2D eigenvalue weighted by atomic mass is 10.6. The molecule has 0 aromatic heterocycles. The van der Waals surface area contributed by atoms with Crippen molar-refractivity contribution in [2.45, 2.75) is 12.5 Å². The van der Waals surface area contributed by atoms with Gasteiger partial charge in [0.15, 0.2) is 0 Å². The summed E-state index contributed by atoms with van der Waals surface area (Å²) < 4.78 is 0. The van der Waals surface area contributed by atoms with Gasteiger partial charge >= 0.3 is 0 Å². The van der Waals surface area contributed by atoms with Gasteiger partial charge in [0, 0.05) is 17.5 Å². The van der Waals surface area contributed by atoms with Crippen LogP contribution < -0.4 is 0 Å². The Morgan fingerprint density at radius 2 is 2.62 bits per heavy atom. The molecule has 4 nitrogen and oxygen atoms in total. The van der Waals surface area contributed by atoms with Crippen LogP contribution in [-0.4, -0.2) is 11.2 Å². The van der Waals surface area contributed by atoms with Gasteiger partial charge in [0.25, 0.3) is 0 Å². The van der Waals surface area contributed by atoms with Gasteiger partial charge in [0.2, 0.25) is 0 Å². The van der Waals surface area contributed by atoms with Crippen molar-refractivity contribution in [1.82, 2.24) is 0 Å². The molecule has 1 unspecified atom stereocenters. The summed E-state index contributed by atoms with van der Waals surface area (Å²) >= 11 is 0. The van der Waals surface area contributed by atoms with E-state index in [-0.39, 0.29) is 6.10 Å². The summed E-state index contributed by atoms with van der Waals surface area (Å²) in [6, 6.07) is 0. The molecule has 1 atom stereocenters. The Kier molecular flexibility index (Phi) is 1.20. The van der Waals surface area contributed by atoms with Crippen LogP contribution in [0.5, 0.6) is 0 Å². The molecular formula is C4H5N3O. The lowest BCUT2D eigenvalue weighted by Gasteiger charge is -1.66. The van der Waals surface area contributed by atoms with Crippen LogP contribution in [-0.2, 0) is 0 Å². The average molecular weight is 111 g/mol. The van der Waals surface area contributed by atoms with Gasteiger partial charge in [-0.05, 0) is 11.1 Å². The second-order valence-electron chi connectivity index (χ2n) is 1.63. The normalized spacial score (nSPS) is 29.6. The zero-order chi connectivity index (χ0) is 5.98. The van der Waals surface area contributed by atoms with Crippen molar-refractivity contribution in [2.24, 2.45) is 5.11 Å². The van der Waals surface area contributed by atoms with Crippen molar-refractivity contribution < 1.29 is 5.11 Å². The van der Waals surface area contributed by atoms with Crippen molar-refractivity contribution in [3.8, 4) is 0 Å². The molecule has 1 fully saturated rings. The lowest BCUT2D eigenvalue weighted by molar-refractivity contribution is 0.290. The topological polar surface area (TPSA) is 69.0 Å². The fourth-order valence-corrected chi connectivity index (χ4v) is 0.403. The van der Waals surface area contributed by atoms with Crippen LogP contribution in [0, 0.1) is 0 Å². The first-order valence-corrected chi connectivity index (χ1v) is 2.26. The molecule has 0 aromatic carbocycles. The molecule has 1 saturated carbocycles. The summed E-state index contributed by atoms with van der Waals surface area (Å²) in [5.74, 6) is 0. The third kappa shape index (κ3) is 0.992. The minimum Gasteiger partial charge on any atom is -0.388 e. The summed E-state index contributed by atoms with van der Waals surface area (Å²) in [4.78, 5) is 2.49. The van der Waals surface area contributed by atoms with Gasteiger partial charge in [-0.1, -0.05) is 5.11 Å². The molecule has 42 valence electrons. The minimum atomic E-state index is -0.333. The summed E-state index contributed by atoms with van der Waals surface area (Å²) in [5.41, 5.74) is 8.58. The van der Waals surface area contributed by atoms with Crippen LogP contribution in [0.25, 0.3) is 10.4 Å². The van der Waals surface area contributed by atoms with Gasteiger partial charge in [-0.25, -0.2) is 0 Å². The van der Waals surface area contributed by atoms with Crippen molar-refractivity contribution in [2.75, 3.05) is 0 Å². The quantitative estimate of drug-likeness (QED) is 0.305. The highest BCUT2D eigenvalue weighted by molar-refractivity contribution is 5.24. The number of aliphatic hydroxyl groups excluding tert-OH is 1. The van der Waals surface area contributed by atoms with E-state index in [0.717, 1.165) is 5.57 Å². The van der Waals surface area contributed by atoms with E-state index in [9.17, 15) is 0 Å². The highest BCUT2D eigenvalue weighted by atomic mass is 16.3. The van der Waals surface area contributed by atoms with E-state index in [1.54, 1.807) is 0 Å². The molecule has 4 heteroatoms.